The van der Waals surface area contributed by atoms with E-state index in [0.717, 1.165) is 5.56 Å². The molecule has 1 saturated heterocycles. The maximum atomic E-state index is 11.4. The van der Waals surface area contributed by atoms with Crippen LogP contribution in [0.4, 0.5) is 4.79 Å². The molecule has 1 fully saturated rings. The van der Waals surface area contributed by atoms with Crippen LogP contribution in [0.25, 0.3) is 0 Å². The van der Waals surface area contributed by atoms with Gasteiger partial charge in [0.05, 0.1) is 13.2 Å². The van der Waals surface area contributed by atoms with Crippen molar-refractivity contribution in [2.75, 3.05) is 13.7 Å². The Kier molecular flexibility index (Phi) is 3.39. The van der Waals surface area contributed by atoms with E-state index in [9.17, 15) is 4.79 Å². The van der Waals surface area contributed by atoms with Crippen molar-refractivity contribution in [3.63, 3.8) is 0 Å². The summed E-state index contributed by atoms with van der Waals surface area (Å²) in [5.74, 6) is 0.708. The normalized spacial score (nSPS) is 22.0. The molecule has 0 saturated carbocycles. The number of amides is 1. The molecule has 1 heterocycles. The third kappa shape index (κ3) is 2.38. The molecule has 18 heavy (non-hydrogen) atoms. The average Bonchev–Trinajstić information content (AvgIpc) is 2.32. The zero-order valence-corrected chi connectivity index (χ0v) is 11.4. The van der Waals surface area contributed by atoms with Gasteiger partial charge in [-0.2, -0.15) is 0 Å². The number of carbonyl (C=O) groups is 1. The van der Waals surface area contributed by atoms with Gasteiger partial charge in [0.25, 0.3) is 0 Å². The number of nitrogens with one attached hydrogen (secondary N) is 1. The van der Waals surface area contributed by atoms with Crippen molar-refractivity contribution in [1.29, 1.82) is 0 Å². The van der Waals surface area contributed by atoms with Crippen molar-refractivity contribution in [2.45, 2.75) is 19.9 Å². The van der Waals surface area contributed by atoms with Crippen molar-refractivity contribution in [1.82, 2.24) is 5.32 Å². The standard InChI is InChI=1S/C13H16ClNO3/c1-13(2)7-18-12(16)15-11(13)9-6-8(14)4-5-10(9)17-3/h4-6,11H,7H2,1-3H3,(H,15,16)/t11-/m1/s1. The van der Waals surface area contributed by atoms with E-state index < -0.39 is 6.09 Å². The van der Waals surface area contributed by atoms with Crippen LogP contribution in [0.2, 0.25) is 5.02 Å². The zero-order chi connectivity index (χ0) is 13.3. The lowest BCUT2D eigenvalue weighted by Crippen LogP contribution is -2.47. The van der Waals surface area contributed by atoms with E-state index in [1.807, 2.05) is 19.9 Å². The third-order valence-electron chi connectivity index (χ3n) is 3.12. The Balaban J connectivity index is 2.45. The molecule has 1 aliphatic heterocycles. The topological polar surface area (TPSA) is 47.6 Å². The molecule has 0 aromatic heterocycles. The lowest BCUT2D eigenvalue weighted by Gasteiger charge is -2.39. The van der Waals surface area contributed by atoms with E-state index >= 15 is 0 Å². The monoisotopic (exact) mass is 269 g/mol. The Morgan fingerprint density at radius 3 is 2.89 bits per heavy atom. The summed E-state index contributed by atoms with van der Waals surface area (Å²) in [4.78, 5) is 11.4. The largest absolute Gasteiger partial charge is 0.496 e. The fourth-order valence-electron chi connectivity index (χ4n) is 2.12. The minimum Gasteiger partial charge on any atom is -0.496 e. The molecule has 0 unspecified atom stereocenters. The molecule has 2 rings (SSSR count). The first-order valence-corrected chi connectivity index (χ1v) is 6.08. The maximum absolute atomic E-state index is 11.4. The molecule has 5 heteroatoms. The zero-order valence-electron chi connectivity index (χ0n) is 10.6. The van der Waals surface area contributed by atoms with Gasteiger partial charge in [-0.1, -0.05) is 25.4 Å². The van der Waals surface area contributed by atoms with Crippen LogP contribution in [0.3, 0.4) is 0 Å². The number of alkyl carbamates (subject to hydrolysis) is 1. The Hall–Kier alpha value is -1.42. The number of carbonyl (C=O) groups excluding carboxylic acids is 1. The van der Waals surface area contributed by atoms with Crippen LogP contribution < -0.4 is 10.1 Å². The number of rotatable bonds is 2. The van der Waals surface area contributed by atoms with Crippen LogP contribution in [-0.2, 0) is 4.74 Å². The van der Waals surface area contributed by atoms with E-state index in [1.165, 1.54) is 0 Å². The van der Waals surface area contributed by atoms with E-state index in [0.29, 0.717) is 17.4 Å². The van der Waals surface area contributed by atoms with Crippen molar-refractivity contribution in [3.8, 4) is 5.75 Å². The number of benzene rings is 1. The molecule has 1 amide bonds. The van der Waals surface area contributed by atoms with Crippen LogP contribution in [0, 0.1) is 5.41 Å². The van der Waals surface area contributed by atoms with Gasteiger partial charge in [-0.25, -0.2) is 4.79 Å². The summed E-state index contributed by atoms with van der Waals surface area (Å²) in [6.45, 7) is 4.41. The first kappa shape index (κ1) is 13.0. The van der Waals surface area contributed by atoms with Crippen molar-refractivity contribution >= 4 is 17.7 Å². The molecule has 98 valence electrons. The van der Waals surface area contributed by atoms with Crippen LogP contribution in [0.5, 0.6) is 5.75 Å². The van der Waals surface area contributed by atoms with Crippen molar-refractivity contribution in [3.05, 3.63) is 28.8 Å². The highest BCUT2D eigenvalue weighted by atomic mass is 35.5. The van der Waals surface area contributed by atoms with Gasteiger partial charge in [-0.05, 0) is 18.2 Å². The summed E-state index contributed by atoms with van der Waals surface area (Å²) in [5, 5.41) is 3.44. The van der Waals surface area contributed by atoms with Crippen molar-refractivity contribution in [2.24, 2.45) is 5.41 Å². The van der Waals surface area contributed by atoms with E-state index in [4.69, 9.17) is 21.1 Å². The number of cyclic esters (lactones) is 1. The summed E-state index contributed by atoms with van der Waals surface area (Å²) >= 11 is 6.02. The van der Waals surface area contributed by atoms with Gasteiger partial charge in [0.15, 0.2) is 0 Å². The lowest BCUT2D eigenvalue weighted by molar-refractivity contribution is 0.0381. The first-order valence-electron chi connectivity index (χ1n) is 5.71. The molecule has 4 nitrogen and oxygen atoms in total. The van der Waals surface area contributed by atoms with Gasteiger partial charge >= 0.3 is 6.09 Å². The molecule has 0 bridgehead atoms. The summed E-state index contributed by atoms with van der Waals surface area (Å²) in [6.07, 6.45) is -0.415. The van der Waals surface area contributed by atoms with Crippen LogP contribution in [0.1, 0.15) is 25.5 Å². The van der Waals surface area contributed by atoms with Gasteiger partial charge < -0.3 is 14.8 Å². The highest BCUT2D eigenvalue weighted by Gasteiger charge is 2.39. The number of methoxy groups -OCH3 is 1. The van der Waals surface area contributed by atoms with Crippen LogP contribution in [0.15, 0.2) is 18.2 Å². The molecule has 1 aliphatic rings. The molecule has 1 aromatic rings. The summed E-state index contributed by atoms with van der Waals surface area (Å²) < 4.78 is 10.4. The van der Waals surface area contributed by atoms with Gasteiger partial charge in [-0.15, -0.1) is 0 Å². The average molecular weight is 270 g/mol. The number of hydrogen-bond donors (Lipinski definition) is 1. The third-order valence-corrected chi connectivity index (χ3v) is 3.36. The Morgan fingerprint density at radius 1 is 1.50 bits per heavy atom. The van der Waals surface area contributed by atoms with E-state index in [-0.39, 0.29) is 11.5 Å². The second kappa shape index (κ2) is 4.69. The van der Waals surface area contributed by atoms with Crippen molar-refractivity contribution < 1.29 is 14.3 Å². The Labute approximate surface area is 111 Å². The Morgan fingerprint density at radius 2 is 2.22 bits per heavy atom. The molecular weight excluding hydrogens is 254 g/mol. The fraction of sp³-hybridized carbons (Fsp3) is 0.462. The molecule has 0 radical (unpaired) electrons. The SMILES string of the molecule is COc1ccc(Cl)cc1[C@H]1NC(=O)OCC1(C)C. The number of hydrogen-bond acceptors (Lipinski definition) is 3. The highest BCUT2D eigenvalue weighted by molar-refractivity contribution is 6.30. The fourth-order valence-corrected chi connectivity index (χ4v) is 2.30. The highest BCUT2D eigenvalue weighted by Crippen LogP contribution is 2.41. The Bertz CT molecular complexity index is 473. The summed E-state index contributed by atoms with van der Waals surface area (Å²) in [6, 6.07) is 5.19. The van der Waals surface area contributed by atoms with Gasteiger partial charge in [0.1, 0.15) is 12.4 Å². The summed E-state index contributed by atoms with van der Waals surface area (Å²) in [7, 11) is 1.60. The predicted octanol–water partition coefficient (Wildman–Crippen LogP) is 3.16. The molecular formula is C13H16ClNO3. The van der Waals surface area contributed by atoms with E-state index in [1.54, 1.807) is 19.2 Å². The van der Waals surface area contributed by atoms with Crippen LogP contribution >= 0.6 is 11.6 Å². The molecule has 0 aliphatic carbocycles. The van der Waals surface area contributed by atoms with Gasteiger partial charge in [0, 0.05) is 16.0 Å². The first-order chi connectivity index (χ1) is 8.44. The molecule has 1 N–H and O–H groups in total. The molecule has 1 atom stereocenters. The van der Waals surface area contributed by atoms with E-state index in [2.05, 4.69) is 5.32 Å². The maximum Gasteiger partial charge on any atom is 0.407 e. The minimum atomic E-state index is -0.415. The minimum absolute atomic E-state index is 0.188. The number of halogens is 1. The quantitative estimate of drug-likeness (QED) is 0.897. The van der Waals surface area contributed by atoms with Gasteiger partial charge in [0.2, 0.25) is 0 Å². The second-order valence-electron chi connectivity index (χ2n) is 5.03. The second-order valence-corrected chi connectivity index (χ2v) is 5.46. The molecule has 0 spiro atoms. The smallest absolute Gasteiger partial charge is 0.407 e. The predicted molar refractivity (Wildman–Crippen MR) is 69.0 cm³/mol. The van der Waals surface area contributed by atoms with Gasteiger partial charge in [-0.3, -0.25) is 0 Å². The molecule has 1 aromatic carbocycles. The summed E-state index contributed by atoms with van der Waals surface area (Å²) in [5.41, 5.74) is 0.637. The van der Waals surface area contributed by atoms with Crippen LogP contribution in [-0.4, -0.2) is 19.8 Å². The lowest BCUT2D eigenvalue weighted by atomic mass is 9.80. The number of ether oxygens (including phenoxy) is 2.